The first-order chi connectivity index (χ1) is 17.3. The maximum Gasteiger partial charge on any atom is 0.311 e. The van der Waals surface area contributed by atoms with E-state index in [1.54, 1.807) is 28.8 Å². The predicted octanol–water partition coefficient (Wildman–Crippen LogP) is 3.81. The Morgan fingerprint density at radius 1 is 1.28 bits per heavy atom. The summed E-state index contributed by atoms with van der Waals surface area (Å²) in [5.41, 5.74) is 0. The molecule has 0 aliphatic carbocycles. The molecule has 1 N–H and O–H groups in total. The molecule has 0 aromatic heterocycles. The normalized spacial score (nSPS) is 31.3. The van der Waals surface area contributed by atoms with Gasteiger partial charge in [-0.05, 0) is 38.5 Å². The van der Waals surface area contributed by atoms with Gasteiger partial charge in [0.2, 0.25) is 11.8 Å². The fraction of sp³-hybridized carbons (Fsp3) is 0.750. The molecule has 4 unspecified atom stereocenters. The smallest absolute Gasteiger partial charge is 0.311 e. The Bertz CT molecular complexity index is 835. The Morgan fingerprint density at radius 2 is 2.00 bits per heavy atom. The maximum atomic E-state index is 14.4. The molecule has 0 radical (unpaired) electrons. The summed E-state index contributed by atoms with van der Waals surface area (Å²) < 4.78 is 4.82. The van der Waals surface area contributed by atoms with Crippen molar-refractivity contribution in [1.29, 1.82) is 0 Å². The molecule has 2 amide bonds. The third kappa shape index (κ3) is 5.13. The van der Waals surface area contributed by atoms with Crippen molar-refractivity contribution >= 4 is 29.5 Å². The van der Waals surface area contributed by atoms with E-state index < -0.39 is 22.6 Å². The van der Waals surface area contributed by atoms with E-state index in [1.807, 2.05) is 4.90 Å². The first-order valence-electron chi connectivity index (χ1n) is 13.6. The van der Waals surface area contributed by atoms with Crippen LogP contribution in [0.15, 0.2) is 25.3 Å². The number of rotatable bonds is 15. The van der Waals surface area contributed by atoms with Crippen LogP contribution >= 0.6 is 11.8 Å². The van der Waals surface area contributed by atoms with Crippen molar-refractivity contribution in [2.75, 3.05) is 26.3 Å². The molecule has 3 rings (SSSR count). The third-order valence-electron chi connectivity index (χ3n) is 8.25. The second-order valence-electron chi connectivity index (χ2n) is 10.6. The Hall–Kier alpha value is -1.80. The highest BCUT2D eigenvalue weighted by atomic mass is 32.2. The number of likely N-dealkylation sites (tertiary alicyclic amines) is 1. The first kappa shape index (κ1) is 28.8. The lowest BCUT2D eigenvalue weighted by Gasteiger charge is -2.41. The van der Waals surface area contributed by atoms with Crippen molar-refractivity contribution < 1.29 is 24.2 Å². The zero-order valence-electron chi connectivity index (χ0n) is 22.2. The number of hydrogen-bond donors (Lipinski definition) is 1. The summed E-state index contributed by atoms with van der Waals surface area (Å²) >= 11 is 1.68. The molecule has 8 heteroatoms. The van der Waals surface area contributed by atoms with Crippen LogP contribution < -0.4 is 0 Å². The van der Waals surface area contributed by atoms with Gasteiger partial charge in [0.1, 0.15) is 12.6 Å². The molecule has 3 aliphatic heterocycles. The summed E-state index contributed by atoms with van der Waals surface area (Å²) in [6, 6.07) is -0.570. The predicted molar refractivity (Wildman–Crippen MR) is 143 cm³/mol. The number of ether oxygens (including phenoxy) is 1. The second kappa shape index (κ2) is 12.6. The average molecular weight is 521 g/mol. The number of hydrogen-bond acceptors (Lipinski definition) is 6. The van der Waals surface area contributed by atoms with Gasteiger partial charge >= 0.3 is 5.97 Å². The number of aliphatic hydroxyl groups is 1. The highest BCUT2D eigenvalue weighted by Crippen LogP contribution is 2.68. The molecule has 0 saturated carbocycles. The van der Waals surface area contributed by atoms with Crippen molar-refractivity contribution in [1.82, 2.24) is 9.80 Å². The largest absolute Gasteiger partial charge is 0.461 e. The van der Waals surface area contributed by atoms with Gasteiger partial charge in [-0.3, -0.25) is 14.4 Å². The Balaban J connectivity index is 1.99. The Labute approximate surface area is 220 Å². The van der Waals surface area contributed by atoms with E-state index >= 15 is 0 Å². The molecule has 0 aromatic rings. The standard InChI is InChI=1S/C28H44N2O5S/c1-6-13-20(5)29(14-7-2)26(33)24-28-19(4)18-21(36-28)22(27(34)35-17-8-3)23(28)25(32)30(24)15-11-9-10-12-16-31/h7-8,19-24,31H,2-3,6,9-18H2,1,4-5H3/t19?,20?,21-,22+,23-,24?,28?/m0/s1. The number of nitrogens with zero attached hydrogens (tertiary/aromatic N) is 2. The van der Waals surface area contributed by atoms with Crippen LogP contribution in [0.3, 0.4) is 0 Å². The molecule has 202 valence electrons. The Morgan fingerprint density at radius 3 is 2.64 bits per heavy atom. The number of aliphatic hydroxyl groups excluding tert-OH is 1. The SMILES string of the molecule is C=CCOC(=O)[C@@H]1[C@@H]2CC(C)C3(S2)C(C(=O)N(CC=C)C(C)CCC)N(CCCCCCO)C(=O)[C@H]13. The molecule has 1 spiro atoms. The Kier molecular flexibility index (Phi) is 10.1. The van der Waals surface area contributed by atoms with Crippen LogP contribution in [0, 0.1) is 17.8 Å². The minimum Gasteiger partial charge on any atom is -0.461 e. The molecule has 3 heterocycles. The minimum atomic E-state index is -0.632. The highest BCUT2D eigenvalue weighted by Gasteiger charge is 2.76. The number of carbonyl (C=O) groups excluding carboxylic acids is 3. The van der Waals surface area contributed by atoms with E-state index in [2.05, 4.69) is 33.9 Å². The first-order valence-corrected chi connectivity index (χ1v) is 14.5. The molecular formula is C28H44N2O5S. The highest BCUT2D eigenvalue weighted by molar-refractivity contribution is 8.02. The zero-order valence-corrected chi connectivity index (χ0v) is 23.0. The van der Waals surface area contributed by atoms with Crippen molar-refractivity contribution in [3.63, 3.8) is 0 Å². The quantitative estimate of drug-likeness (QED) is 0.201. The van der Waals surface area contributed by atoms with Gasteiger partial charge in [0.25, 0.3) is 0 Å². The maximum absolute atomic E-state index is 14.4. The van der Waals surface area contributed by atoms with Crippen molar-refractivity contribution in [3.8, 4) is 0 Å². The van der Waals surface area contributed by atoms with E-state index in [1.165, 1.54) is 0 Å². The van der Waals surface area contributed by atoms with Gasteiger partial charge in [-0.25, -0.2) is 0 Å². The van der Waals surface area contributed by atoms with Crippen LogP contribution in [-0.4, -0.2) is 81.1 Å². The van der Waals surface area contributed by atoms with Crippen LogP contribution in [0.4, 0.5) is 0 Å². The summed E-state index contributed by atoms with van der Waals surface area (Å²) in [4.78, 5) is 45.3. The number of unbranched alkanes of at least 4 members (excludes halogenated alkanes) is 3. The molecule has 0 aromatic carbocycles. The van der Waals surface area contributed by atoms with Crippen molar-refractivity contribution in [3.05, 3.63) is 25.3 Å². The van der Waals surface area contributed by atoms with Crippen LogP contribution in [0.25, 0.3) is 0 Å². The number of amides is 2. The average Bonchev–Trinajstić information content (AvgIpc) is 3.44. The summed E-state index contributed by atoms with van der Waals surface area (Å²) in [5.74, 6) is -1.41. The third-order valence-corrected chi connectivity index (χ3v) is 10.3. The van der Waals surface area contributed by atoms with E-state index in [4.69, 9.17) is 9.84 Å². The van der Waals surface area contributed by atoms with Gasteiger partial charge in [-0.1, -0.05) is 51.8 Å². The summed E-state index contributed by atoms with van der Waals surface area (Å²) in [5, 5.41) is 9.10. The number of carbonyl (C=O) groups is 3. The number of thioether (sulfide) groups is 1. The van der Waals surface area contributed by atoms with E-state index in [0.29, 0.717) is 13.1 Å². The van der Waals surface area contributed by atoms with E-state index in [-0.39, 0.29) is 48.2 Å². The van der Waals surface area contributed by atoms with Gasteiger partial charge in [0.05, 0.1) is 16.6 Å². The summed E-state index contributed by atoms with van der Waals surface area (Å²) in [6.07, 6.45) is 9.18. The van der Waals surface area contributed by atoms with Crippen LogP contribution in [0.2, 0.25) is 0 Å². The van der Waals surface area contributed by atoms with Gasteiger partial charge in [-0.2, -0.15) is 0 Å². The lowest BCUT2D eigenvalue weighted by Crippen LogP contribution is -2.58. The van der Waals surface area contributed by atoms with Gasteiger partial charge in [0, 0.05) is 31.0 Å². The van der Waals surface area contributed by atoms with Gasteiger partial charge < -0.3 is 19.6 Å². The molecule has 3 aliphatic rings. The van der Waals surface area contributed by atoms with Crippen LogP contribution in [-0.2, 0) is 19.1 Å². The fourth-order valence-electron chi connectivity index (χ4n) is 6.65. The molecule has 7 nitrogen and oxygen atoms in total. The van der Waals surface area contributed by atoms with Crippen molar-refractivity contribution in [2.45, 2.75) is 87.8 Å². The minimum absolute atomic E-state index is 0.0193. The van der Waals surface area contributed by atoms with Crippen LogP contribution in [0.5, 0.6) is 0 Å². The lowest BCUT2D eigenvalue weighted by molar-refractivity contribution is -0.153. The summed E-state index contributed by atoms with van der Waals surface area (Å²) in [7, 11) is 0. The molecule has 2 bridgehead atoms. The molecule has 36 heavy (non-hydrogen) atoms. The topological polar surface area (TPSA) is 87.2 Å². The number of fused-ring (bicyclic) bond motifs is 1. The zero-order chi connectivity index (χ0) is 26.5. The lowest BCUT2D eigenvalue weighted by atomic mass is 9.66. The van der Waals surface area contributed by atoms with E-state index in [9.17, 15) is 14.4 Å². The van der Waals surface area contributed by atoms with E-state index in [0.717, 1.165) is 44.9 Å². The second-order valence-corrected chi connectivity index (χ2v) is 12.1. The molecule has 7 atom stereocenters. The fourth-order valence-corrected chi connectivity index (χ4v) is 9.05. The van der Waals surface area contributed by atoms with Crippen molar-refractivity contribution in [2.24, 2.45) is 17.8 Å². The summed E-state index contributed by atoms with van der Waals surface area (Å²) in [6.45, 7) is 15.0. The van der Waals surface area contributed by atoms with Gasteiger partial charge in [0.15, 0.2) is 0 Å². The molecular weight excluding hydrogens is 476 g/mol. The molecule has 3 saturated heterocycles. The monoisotopic (exact) mass is 520 g/mol. The molecule has 3 fully saturated rings. The van der Waals surface area contributed by atoms with Crippen LogP contribution in [0.1, 0.15) is 65.7 Å². The van der Waals surface area contributed by atoms with Gasteiger partial charge in [-0.15, -0.1) is 18.3 Å². The number of esters is 1.